The highest BCUT2D eigenvalue weighted by molar-refractivity contribution is 5.44. The van der Waals surface area contributed by atoms with Crippen LogP contribution in [0.4, 0.5) is 11.8 Å². The van der Waals surface area contributed by atoms with E-state index >= 15 is 0 Å². The van der Waals surface area contributed by atoms with Crippen molar-refractivity contribution >= 4 is 11.8 Å². The average molecular weight is 247 g/mol. The van der Waals surface area contributed by atoms with Gasteiger partial charge in [0.15, 0.2) is 0 Å². The van der Waals surface area contributed by atoms with E-state index in [1.165, 1.54) is 25.7 Å². The zero-order valence-electron chi connectivity index (χ0n) is 10.7. The molecular formula is C13H21N5. The summed E-state index contributed by atoms with van der Waals surface area (Å²) in [6.07, 6.45) is 8.00. The third-order valence-electron chi connectivity index (χ3n) is 3.88. The predicted molar refractivity (Wildman–Crippen MR) is 72.7 cm³/mol. The van der Waals surface area contributed by atoms with Gasteiger partial charge in [0.2, 0.25) is 5.95 Å². The second kappa shape index (κ2) is 5.10. The lowest BCUT2D eigenvalue weighted by molar-refractivity contribution is 0.741. The van der Waals surface area contributed by atoms with Crippen LogP contribution in [0.25, 0.3) is 0 Å². The summed E-state index contributed by atoms with van der Waals surface area (Å²) in [7, 11) is 0. The molecule has 1 aromatic rings. The van der Waals surface area contributed by atoms with Crippen molar-refractivity contribution in [3.05, 3.63) is 12.3 Å². The van der Waals surface area contributed by atoms with Gasteiger partial charge in [-0.05, 0) is 25.3 Å². The highest BCUT2D eigenvalue weighted by Gasteiger charge is 2.21. The second-order valence-corrected chi connectivity index (χ2v) is 5.36. The van der Waals surface area contributed by atoms with Crippen molar-refractivity contribution in [1.82, 2.24) is 9.97 Å². The van der Waals surface area contributed by atoms with E-state index in [1.54, 1.807) is 0 Å². The molecule has 2 fully saturated rings. The zero-order valence-corrected chi connectivity index (χ0v) is 10.7. The molecule has 0 spiro atoms. The summed E-state index contributed by atoms with van der Waals surface area (Å²) in [5.74, 6) is 1.76. The molecule has 5 nitrogen and oxygen atoms in total. The summed E-state index contributed by atoms with van der Waals surface area (Å²) in [6, 6.07) is 2.81. The van der Waals surface area contributed by atoms with Crippen LogP contribution >= 0.6 is 0 Å². The van der Waals surface area contributed by atoms with Crippen molar-refractivity contribution in [2.45, 2.75) is 44.2 Å². The molecular weight excluding hydrogens is 226 g/mol. The Bertz CT molecular complexity index is 402. The lowest BCUT2D eigenvalue weighted by Gasteiger charge is -2.18. The number of hydrogen-bond donors (Lipinski definition) is 2. The summed E-state index contributed by atoms with van der Waals surface area (Å²) in [4.78, 5) is 11.2. The Morgan fingerprint density at radius 2 is 2.11 bits per heavy atom. The number of nitrogens with two attached hydrogens (primary N) is 1. The van der Waals surface area contributed by atoms with Gasteiger partial charge in [0.25, 0.3) is 0 Å². The van der Waals surface area contributed by atoms with Crippen molar-refractivity contribution in [2.24, 2.45) is 5.73 Å². The van der Waals surface area contributed by atoms with Crippen LogP contribution in [0.5, 0.6) is 0 Å². The van der Waals surface area contributed by atoms with Gasteiger partial charge >= 0.3 is 0 Å². The van der Waals surface area contributed by atoms with Gasteiger partial charge in [-0.2, -0.15) is 4.98 Å². The monoisotopic (exact) mass is 247 g/mol. The SMILES string of the molecule is N[C@@H]1CCN(c2ccnc(NC3CCCC3)n2)C1. The first-order valence-electron chi connectivity index (χ1n) is 6.91. The fourth-order valence-corrected chi connectivity index (χ4v) is 2.84. The Kier molecular flexibility index (Phi) is 3.32. The summed E-state index contributed by atoms with van der Waals surface area (Å²) in [6.45, 7) is 1.90. The molecule has 1 saturated carbocycles. The van der Waals surface area contributed by atoms with E-state index in [-0.39, 0.29) is 6.04 Å². The van der Waals surface area contributed by atoms with Gasteiger partial charge in [-0.1, -0.05) is 12.8 Å². The zero-order chi connectivity index (χ0) is 12.4. The number of aromatic nitrogens is 2. The van der Waals surface area contributed by atoms with Gasteiger partial charge in [-0.3, -0.25) is 0 Å². The number of nitrogens with zero attached hydrogens (tertiary/aromatic N) is 3. The Morgan fingerprint density at radius 1 is 1.28 bits per heavy atom. The topological polar surface area (TPSA) is 67.1 Å². The summed E-state index contributed by atoms with van der Waals surface area (Å²) < 4.78 is 0. The van der Waals surface area contributed by atoms with Gasteiger partial charge in [0.1, 0.15) is 5.82 Å². The van der Waals surface area contributed by atoms with Gasteiger partial charge in [0, 0.05) is 31.4 Å². The molecule has 1 aliphatic carbocycles. The molecule has 2 heterocycles. The summed E-state index contributed by atoms with van der Waals surface area (Å²) in [5.41, 5.74) is 5.93. The van der Waals surface area contributed by atoms with E-state index in [1.807, 2.05) is 12.3 Å². The van der Waals surface area contributed by atoms with Crippen LogP contribution in [0.3, 0.4) is 0 Å². The maximum absolute atomic E-state index is 5.93. The molecule has 1 aromatic heterocycles. The average Bonchev–Trinajstić information content (AvgIpc) is 3.01. The van der Waals surface area contributed by atoms with Crippen LogP contribution in [-0.4, -0.2) is 35.1 Å². The first-order chi connectivity index (χ1) is 8.81. The number of hydrogen-bond acceptors (Lipinski definition) is 5. The molecule has 3 rings (SSSR count). The molecule has 0 amide bonds. The van der Waals surface area contributed by atoms with Crippen molar-refractivity contribution in [2.75, 3.05) is 23.3 Å². The minimum Gasteiger partial charge on any atom is -0.355 e. The molecule has 0 unspecified atom stereocenters. The Balaban J connectivity index is 1.68. The van der Waals surface area contributed by atoms with Gasteiger partial charge in [0.05, 0.1) is 0 Å². The summed E-state index contributed by atoms with van der Waals surface area (Å²) in [5, 5.41) is 3.44. The third kappa shape index (κ3) is 2.56. The lowest BCUT2D eigenvalue weighted by Crippen LogP contribution is -2.27. The van der Waals surface area contributed by atoms with E-state index in [0.29, 0.717) is 6.04 Å². The van der Waals surface area contributed by atoms with Crippen LogP contribution in [0.15, 0.2) is 12.3 Å². The fraction of sp³-hybridized carbons (Fsp3) is 0.692. The van der Waals surface area contributed by atoms with E-state index in [9.17, 15) is 0 Å². The predicted octanol–water partition coefficient (Wildman–Crippen LogP) is 1.37. The largest absolute Gasteiger partial charge is 0.355 e. The van der Waals surface area contributed by atoms with E-state index in [4.69, 9.17) is 5.73 Å². The van der Waals surface area contributed by atoms with Crippen LogP contribution in [0.1, 0.15) is 32.1 Å². The lowest BCUT2D eigenvalue weighted by atomic mass is 10.2. The summed E-state index contributed by atoms with van der Waals surface area (Å²) >= 11 is 0. The van der Waals surface area contributed by atoms with E-state index in [0.717, 1.165) is 31.3 Å². The fourth-order valence-electron chi connectivity index (χ4n) is 2.84. The van der Waals surface area contributed by atoms with E-state index in [2.05, 4.69) is 20.2 Å². The molecule has 1 aliphatic heterocycles. The Hall–Kier alpha value is -1.36. The maximum atomic E-state index is 5.93. The maximum Gasteiger partial charge on any atom is 0.224 e. The normalized spacial score (nSPS) is 24.7. The van der Waals surface area contributed by atoms with Crippen LogP contribution in [-0.2, 0) is 0 Å². The molecule has 2 aliphatic rings. The van der Waals surface area contributed by atoms with Crippen LogP contribution in [0.2, 0.25) is 0 Å². The van der Waals surface area contributed by atoms with E-state index < -0.39 is 0 Å². The van der Waals surface area contributed by atoms with Gasteiger partial charge in [-0.25, -0.2) is 4.98 Å². The first-order valence-corrected chi connectivity index (χ1v) is 6.91. The molecule has 1 saturated heterocycles. The van der Waals surface area contributed by atoms with Crippen molar-refractivity contribution < 1.29 is 0 Å². The highest BCUT2D eigenvalue weighted by atomic mass is 15.2. The first kappa shape index (κ1) is 11.7. The Morgan fingerprint density at radius 3 is 2.83 bits per heavy atom. The third-order valence-corrected chi connectivity index (χ3v) is 3.88. The minimum atomic E-state index is 0.284. The van der Waals surface area contributed by atoms with Crippen LogP contribution in [0, 0.1) is 0 Å². The smallest absolute Gasteiger partial charge is 0.224 e. The molecule has 3 N–H and O–H groups in total. The van der Waals surface area contributed by atoms with Gasteiger partial charge in [-0.15, -0.1) is 0 Å². The highest BCUT2D eigenvalue weighted by Crippen LogP contribution is 2.22. The molecule has 5 heteroatoms. The Labute approximate surface area is 108 Å². The van der Waals surface area contributed by atoms with Crippen LogP contribution < -0.4 is 16.0 Å². The molecule has 0 radical (unpaired) electrons. The van der Waals surface area contributed by atoms with Crippen molar-refractivity contribution in [1.29, 1.82) is 0 Å². The second-order valence-electron chi connectivity index (χ2n) is 5.36. The molecule has 0 bridgehead atoms. The number of anilines is 2. The van der Waals surface area contributed by atoms with Gasteiger partial charge < -0.3 is 16.0 Å². The van der Waals surface area contributed by atoms with Crippen molar-refractivity contribution in [3.63, 3.8) is 0 Å². The molecule has 18 heavy (non-hydrogen) atoms. The molecule has 98 valence electrons. The number of nitrogens with one attached hydrogen (secondary N) is 1. The number of rotatable bonds is 3. The standard InChI is InChI=1S/C13H21N5/c14-10-6-8-18(9-10)12-5-7-15-13(17-12)16-11-3-1-2-4-11/h5,7,10-11H,1-4,6,8-9,14H2,(H,15,16,17)/t10-/m1/s1. The quantitative estimate of drug-likeness (QED) is 0.844. The molecule has 0 aromatic carbocycles. The van der Waals surface area contributed by atoms with Crippen molar-refractivity contribution in [3.8, 4) is 0 Å². The minimum absolute atomic E-state index is 0.284. The molecule has 1 atom stereocenters.